The molecule has 2 aromatic carbocycles. The molecule has 1 aliphatic rings. The third-order valence-corrected chi connectivity index (χ3v) is 6.10. The zero-order valence-electron chi connectivity index (χ0n) is 20.8. The number of anilines is 1. The molecule has 35 heavy (non-hydrogen) atoms. The van der Waals surface area contributed by atoms with Gasteiger partial charge in [0.15, 0.2) is 6.61 Å². The molecule has 0 saturated carbocycles. The summed E-state index contributed by atoms with van der Waals surface area (Å²) in [5.41, 5.74) is 2.33. The molecule has 1 aliphatic heterocycles. The summed E-state index contributed by atoms with van der Waals surface area (Å²) in [7, 11) is 0. The van der Waals surface area contributed by atoms with Gasteiger partial charge in [-0.1, -0.05) is 60.7 Å². The van der Waals surface area contributed by atoms with E-state index in [0.29, 0.717) is 48.0 Å². The number of nitrogens with one attached hydrogen (secondary N) is 2. The fourth-order valence-corrected chi connectivity index (χ4v) is 3.75. The topological polar surface area (TPSA) is 89.0 Å². The van der Waals surface area contributed by atoms with Crippen molar-refractivity contribution >= 4 is 51.5 Å². The maximum Gasteiger partial charge on any atom is 0.257 e. The number of alkyl halides is 1. The number of halogens is 1. The van der Waals surface area contributed by atoms with Crippen LogP contribution in [-0.2, 0) is 14.3 Å². The summed E-state index contributed by atoms with van der Waals surface area (Å²) >= 11 is 2.42. The first kappa shape index (κ1) is 27.1. The molecule has 0 fully saturated rings. The van der Waals surface area contributed by atoms with Crippen molar-refractivity contribution in [3.63, 3.8) is 0 Å². The lowest BCUT2D eigenvalue weighted by Gasteiger charge is -2.27. The Balaban J connectivity index is 1.55. The molecular weight excluding hydrogens is 557 g/mol. The average molecular weight is 591 g/mol. The molecule has 1 heterocycles. The SMILES string of the molecule is CC(C)(I)CCOC(C)(C)CCNC(=O)COc1ccccc1C1=Nc2ccccc2NC(=O)C1. The van der Waals surface area contributed by atoms with Crippen LogP contribution in [0.4, 0.5) is 11.4 Å². The van der Waals surface area contributed by atoms with Gasteiger partial charge in [-0.2, -0.15) is 0 Å². The highest BCUT2D eigenvalue weighted by Gasteiger charge is 2.22. The molecule has 2 aromatic rings. The Morgan fingerprint density at radius 2 is 1.80 bits per heavy atom. The van der Waals surface area contributed by atoms with Crippen LogP contribution in [0.5, 0.6) is 5.75 Å². The fraction of sp³-hybridized carbons (Fsp3) is 0.444. The van der Waals surface area contributed by atoms with Gasteiger partial charge in [0.25, 0.3) is 5.91 Å². The van der Waals surface area contributed by atoms with Gasteiger partial charge in [-0.05, 0) is 51.0 Å². The monoisotopic (exact) mass is 591 g/mol. The Kier molecular flexibility index (Phi) is 9.29. The summed E-state index contributed by atoms with van der Waals surface area (Å²) in [5, 5.41) is 5.78. The zero-order chi connectivity index (χ0) is 25.5. The second kappa shape index (κ2) is 12.0. The van der Waals surface area contributed by atoms with Crippen molar-refractivity contribution in [1.82, 2.24) is 5.32 Å². The minimum atomic E-state index is -0.322. The van der Waals surface area contributed by atoms with Crippen LogP contribution < -0.4 is 15.4 Å². The Morgan fingerprint density at radius 3 is 2.57 bits per heavy atom. The van der Waals surface area contributed by atoms with E-state index in [-0.39, 0.29) is 33.9 Å². The number of rotatable bonds is 11. The molecule has 0 unspecified atom stereocenters. The predicted molar refractivity (Wildman–Crippen MR) is 148 cm³/mol. The highest BCUT2D eigenvalue weighted by atomic mass is 127. The lowest BCUT2D eigenvalue weighted by molar-refractivity contribution is -0.123. The number of amides is 2. The van der Waals surface area contributed by atoms with Gasteiger partial charge in [0.05, 0.1) is 29.1 Å². The number of benzene rings is 2. The average Bonchev–Trinajstić information content (AvgIpc) is 2.94. The Hall–Kier alpha value is -2.46. The van der Waals surface area contributed by atoms with Gasteiger partial charge in [0.2, 0.25) is 5.91 Å². The number of hydrogen-bond donors (Lipinski definition) is 2. The van der Waals surface area contributed by atoms with Crippen molar-refractivity contribution in [1.29, 1.82) is 0 Å². The molecule has 2 N–H and O–H groups in total. The lowest BCUT2D eigenvalue weighted by Crippen LogP contribution is -2.35. The van der Waals surface area contributed by atoms with E-state index >= 15 is 0 Å². The van der Waals surface area contributed by atoms with Gasteiger partial charge < -0.3 is 20.1 Å². The van der Waals surface area contributed by atoms with Crippen LogP contribution in [0, 0.1) is 0 Å². The minimum absolute atomic E-state index is 0.116. The Morgan fingerprint density at radius 1 is 1.09 bits per heavy atom. The summed E-state index contributed by atoms with van der Waals surface area (Å²) in [5.74, 6) is 0.154. The second-order valence-corrected chi connectivity index (χ2v) is 12.7. The Labute approximate surface area is 221 Å². The van der Waals surface area contributed by atoms with Crippen LogP contribution in [-0.4, -0.2) is 46.3 Å². The van der Waals surface area contributed by atoms with Crippen LogP contribution in [0.1, 0.15) is 52.5 Å². The fourth-order valence-electron chi connectivity index (χ4n) is 3.53. The van der Waals surface area contributed by atoms with Gasteiger partial charge in [0, 0.05) is 22.1 Å². The first-order valence-electron chi connectivity index (χ1n) is 11.8. The van der Waals surface area contributed by atoms with Crippen molar-refractivity contribution in [3.8, 4) is 5.75 Å². The number of carbonyl (C=O) groups excluding carboxylic acids is 2. The number of carbonyl (C=O) groups is 2. The number of para-hydroxylation sites is 3. The number of fused-ring (bicyclic) bond motifs is 1. The first-order chi connectivity index (χ1) is 16.5. The van der Waals surface area contributed by atoms with Crippen molar-refractivity contribution in [2.75, 3.05) is 25.1 Å². The molecule has 2 amide bonds. The molecule has 3 rings (SSSR count). The summed E-state index contributed by atoms with van der Waals surface area (Å²) in [4.78, 5) is 29.5. The van der Waals surface area contributed by atoms with E-state index < -0.39 is 0 Å². The smallest absolute Gasteiger partial charge is 0.257 e. The largest absolute Gasteiger partial charge is 0.483 e. The minimum Gasteiger partial charge on any atom is -0.483 e. The maximum absolute atomic E-state index is 12.4. The van der Waals surface area contributed by atoms with Crippen molar-refractivity contribution in [3.05, 3.63) is 54.1 Å². The predicted octanol–water partition coefficient (Wildman–Crippen LogP) is 5.43. The molecule has 0 atom stereocenters. The zero-order valence-corrected chi connectivity index (χ0v) is 23.0. The highest BCUT2D eigenvalue weighted by molar-refractivity contribution is 14.1. The number of nitrogens with zero attached hydrogens (tertiary/aromatic N) is 1. The van der Waals surface area contributed by atoms with E-state index in [1.54, 1.807) is 6.07 Å². The van der Waals surface area contributed by atoms with Crippen LogP contribution in [0.25, 0.3) is 0 Å². The van der Waals surface area contributed by atoms with E-state index in [0.717, 1.165) is 6.42 Å². The number of hydrogen-bond acceptors (Lipinski definition) is 5. The quantitative estimate of drug-likeness (QED) is 0.270. The summed E-state index contributed by atoms with van der Waals surface area (Å²) in [6, 6.07) is 14.7. The van der Waals surface area contributed by atoms with E-state index in [1.807, 2.05) is 56.3 Å². The van der Waals surface area contributed by atoms with Gasteiger partial charge in [0.1, 0.15) is 5.75 Å². The maximum atomic E-state index is 12.4. The highest BCUT2D eigenvalue weighted by Crippen LogP contribution is 2.30. The molecule has 7 nitrogen and oxygen atoms in total. The molecule has 0 spiro atoms. The summed E-state index contributed by atoms with van der Waals surface area (Å²) < 4.78 is 12.1. The van der Waals surface area contributed by atoms with Gasteiger partial charge >= 0.3 is 0 Å². The van der Waals surface area contributed by atoms with Crippen LogP contribution in [0.3, 0.4) is 0 Å². The third-order valence-electron chi connectivity index (χ3n) is 5.56. The van der Waals surface area contributed by atoms with E-state index in [4.69, 9.17) is 14.5 Å². The Bertz CT molecular complexity index is 1080. The molecule has 0 bridgehead atoms. The van der Waals surface area contributed by atoms with Crippen molar-refractivity contribution in [2.45, 2.75) is 56.0 Å². The van der Waals surface area contributed by atoms with E-state index in [9.17, 15) is 9.59 Å². The van der Waals surface area contributed by atoms with Crippen molar-refractivity contribution < 1.29 is 19.1 Å². The van der Waals surface area contributed by atoms with Gasteiger partial charge in [-0.25, -0.2) is 4.99 Å². The van der Waals surface area contributed by atoms with Crippen LogP contribution in [0.15, 0.2) is 53.5 Å². The first-order valence-corrected chi connectivity index (χ1v) is 12.9. The van der Waals surface area contributed by atoms with Gasteiger partial charge in [-0.3, -0.25) is 9.59 Å². The van der Waals surface area contributed by atoms with E-state index in [1.165, 1.54) is 0 Å². The molecule has 0 aromatic heterocycles. The van der Waals surface area contributed by atoms with E-state index in [2.05, 4.69) is 47.1 Å². The normalized spacial score (nSPS) is 13.9. The third kappa shape index (κ3) is 8.92. The summed E-state index contributed by atoms with van der Waals surface area (Å²) in [6.45, 7) is 9.48. The lowest BCUT2D eigenvalue weighted by atomic mass is 10.0. The molecule has 0 aliphatic carbocycles. The molecule has 8 heteroatoms. The molecular formula is C27H34IN3O4. The molecule has 188 valence electrons. The molecule has 0 saturated heterocycles. The molecule has 0 radical (unpaired) electrons. The van der Waals surface area contributed by atoms with Crippen LogP contribution >= 0.6 is 22.6 Å². The second-order valence-electron chi connectivity index (χ2n) is 9.76. The van der Waals surface area contributed by atoms with Gasteiger partial charge in [-0.15, -0.1) is 0 Å². The standard InChI is InChI=1S/C27H34IN3O4/c1-26(2,28)14-16-35-27(3,4)13-15-29-25(33)18-34-23-12-8-5-9-19(23)22-17-24(32)31-21-11-7-6-10-20(21)30-22/h5-12H,13-18H2,1-4H3,(H,29,33)(H,31,32). The number of aliphatic imine (C=N–C) groups is 1. The number of ether oxygens (including phenoxy) is 2. The van der Waals surface area contributed by atoms with Crippen molar-refractivity contribution in [2.24, 2.45) is 4.99 Å². The summed E-state index contributed by atoms with van der Waals surface area (Å²) in [6.07, 6.45) is 1.78. The van der Waals surface area contributed by atoms with Crippen LogP contribution in [0.2, 0.25) is 0 Å².